The third-order valence-electron chi connectivity index (χ3n) is 7.12. The van der Waals surface area contributed by atoms with Gasteiger partial charge >= 0.3 is 0 Å². The molecule has 0 radical (unpaired) electrons. The second-order valence-electron chi connectivity index (χ2n) is 9.60. The molecule has 0 heterocycles. The summed E-state index contributed by atoms with van der Waals surface area (Å²) in [5.74, 6) is 3.63. The van der Waals surface area contributed by atoms with Crippen LogP contribution in [-0.4, -0.2) is 40.1 Å². The van der Waals surface area contributed by atoms with Gasteiger partial charge in [0.15, 0.2) is 0 Å². The molecule has 3 nitrogen and oxygen atoms in total. The Hall–Kier alpha value is -0.120. The largest absolute Gasteiger partial charge is 0.384 e. The van der Waals surface area contributed by atoms with Crippen LogP contribution in [0.5, 0.6) is 0 Å². The summed E-state index contributed by atoms with van der Waals surface area (Å²) in [6.45, 7) is 8.99. The van der Waals surface area contributed by atoms with Crippen LogP contribution < -0.4 is 0 Å². The maximum absolute atomic E-state index is 6.66. The first-order valence-electron chi connectivity index (χ1n) is 9.48. The maximum Gasteiger partial charge on any atom is 0.0632 e. The van der Waals surface area contributed by atoms with Crippen LogP contribution >= 0.6 is 0 Å². The van der Waals surface area contributed by atoms with Gasteiger partial charge in [-0.1, -0.05) is 20.8 Å². The average Bonchev–Trinajstić information content (AvgIpc) is 2.44. The highest BCUT2D eigenvalue weighted by Gasteiger charge is 2.50. The Labute approximate surface area is 142 Å². The summed E-state index contributed by atoms with van der Waals surface area (Å²) in [5.41, 5.74) is 0.0100. The minimum absolute atomic E-state index is 0.0782. The standard InChI is InChI=1S/C20H36O3/c1-19(2,3)20(11-21-4,12-22-5)13-23-18-16-7-14-6-15(9-16)10-17(18)8-14/h14-18H,6-13H2,1-5H3. The van der Waals surface area contributed by atoms with E-state index in [9.17, 15) is 0 Å². The van der Waals surface area contributed by atoms with Crippen molar-refractivity contribution in [3.63, 3.8) is 0 Å². The molecule has 4 rings (SSSR count). The van der Waals surface area contributed by atoms with Gasteiger partial charge in [0, 0.05) is 19.6 Å². The summed E-state index contributed by atoms with van der Waals surface area (Å²) in [6.07, 6.45) is 7.63. The van der Waals surface area contributed by atoms with E-state index in [0.29, 0.717) is 19.3 Å². The van der Waals surface area contributed by atoms with E-state index in [-0.39, 0.29) is 10.8 Å². The van der Waals surface area contributed by atoms with E-state index in [1.165, 1.54) is 32.1 Å². The van der Waals surface area contributed by atoms with Crippen LogP contribution in [0.15, 0.2) is 0 Å². The van der Waals surface area contributed by atoms with Crippen molar-refractivity contribution in [3.8, 4) is 0 Å². The van der Waals surface area contributed by atoms with Gasteiger partial charge in [-0.25, -0.2) is 0 Å². The molecule has 0 atom stereocenters. The number of methoxy groups -OCH3 is 2. The van der Waals surface area contributed by atoms with Crippen LogP contribution in [0.3, 0.4) is 0 Å². The summed E-state index contributed by atoms with van der Waals surface area (Å²) in [4.78, 5) is 0. The van der Waals surface area contributed by atoms with Crippen molar-refractivity contribution in [2.45, 2.75) is 59.0 Å². The molecule has 4 fully saturated rings. The minimum atomic E-state index is -0.0782. The number of hydrogen-bond acceptors (Lipinski definition) is 3. The smallest absolute Gasteiger partial charge is 0.0632 e. The second kappa shape index (κ2) is 6.65. The lowest BCUT2D eigenvalue weighted by atomic mass is 9.55. The molecule has 0 saturated heterocycles. The van der Waals surface area contributed by atoms with Gasteiger partial charge in [0.2, 0.25) is 0 Å². The maximum atomic E-state index is 6.66. The predicted molar refractivity (Wildman–Crippen MR) is 92.4 cm³/mol. The SMILES string of the molecule is COCC(COC)(COC1C2CC3CC(C2)CC1C3)C(C)(C)C. The van der Waals surface area contributed by atoms with Crippen molar-refractivity contribution < 1.29 is 14.2 Å². The molecule has 4 aliphatic carbocycles. The fourth-order valence-corrected chi connectivity index (χ4v) is 5.73. The van der Waals surface area contributed by atoms with Gasteiger partial charge in [0.25, 0.3) is 0 Å². The van der Waals surface area contributed by atoms with Gasteiger partial charge in [0.05, 0.1) is 25.9 Å². The van der Waals surface area contributed by atoms with E-state index >= 15 is 0 Å². The Bertz CT molecular complexity index is 364. The molecule has 134 valence electrons. The third-order valence-corrected chi connectivity index (χ3v) is 7.12. The Balaban J connectivity index is 1.69. The van der Waals surface area contributed by atoms with Crippen LogP contribution in [-0.2, 0) is 14.2 Å². The Morgan fingerprint density at radius 3 is 1.61 bits per heavy atom. The summed E-state index contributed by atoms with van der Waals surface area (Å²) < 4.78 is 17.8. The molecule has 4 saturated carbocycles. The van der Waals surface area contributed by atoms with Crippen LogP contribution in [0.4, 0.5) is 0 Å². The van der Waals surface area contributed by atoms with Crippen molar-refractivity contribution >= 4 is 0 Å². The molecule has 0 spiro atoms. The zero-order chi connectivity index (χ0) is 16.7. The van der Waals surface area contributed by atoms with Crippen molar-refractivity contribution in [1.29, 1.82) is 0 Å². The van der Waals surface area contributed by atoms with Gasteiger partial charge in [0.1, 0.15) is 0 Å². The molecule has 0 amide bonds. The predicted octanol–water partition coefficient (Wildman–Crippen LogP) is 4.15. The summed E-state index contributed by atoms with van der Waals surface area (Å²) in [5, 5.41) is 0. The van der Waals surface area contributed by atoms with E-state index in [1.807, 2.05) is 0 Å². The molecule has 0 aliphatic heterocycles. The van der Waals surface area contributed by atoms with E-state index in [4.69, 9.17) is 14.2 Å². The van der Waals surface area contributed by atoms with Crippen LogP contribution in [0.1, 0.15) is 52.9 Å². The molecule has 4 bridgehead atoms. The van der Waals surface area contributed by atoms with E-state index in [2.05, 4.69) is 20.8 Å². The third kappa shape index (κ3) is 3.34. The Morgan fingerprint density at radius 1 is 0.739 bits per heavy atom. The van der Waals surface area contributed by atoms with Crippen molar-refractivity contribution in [3.05, 3.63) is 0 Å². The second-order valence-corrected chi connectivity index (χ2v) is 9.60. The molecule has 0 aromatic carbocycles. The van der Waals surface area contributed by atoms with Gasteiger partial charge in [-0.15, -0.1) is 0 Å². The van der Waals surface area contributed by atoms with Gasteiger partial charge in [-0.2, -0.15) is 0 Å². The molecular formula is C20H36O3. The van der Waals surface area contributed by atoms with Crippen LogP contribution in [0.25, 0.3) is 0 Å². The van der Waals surface area contributed by atoms with Crippen molar-refractivity contribution in [2.24, 2.45) is 34.5 Å². The first kappa shape index (κ1) is 17.7. The highest BCUT2D eigenvalue weighted by atomic mass is 16.5. The van der Waals surface area contributed by atoms with E-state index in [0.717, 1.165) is 30.3 Å². The fourth-order valence-electron chi connectivity index (χ4n) is 5.73. The molecule has 4 aliphatic rings. The molecule has 0 N–H and O–H groups in total. The highest BCUT2D eigenvalue weighted by molar-refractivity contribution is 5.00. The number of hydrogen-bond donors (Lipinski definition) is 0. The minimum Gasteiger partial charge on any atom is -0.384 e. The molecule has 23 heavy (non-hydrogen) atoms. The van der Waals surface area contributed by atoms with E-state index in [1.54, 1.807) is 14.2 Å². The van der Waals surface area contributed by atoms with Crippen LogP contribution in [0, 0.1) is 34.5 Å². The van der Waals surface area contributed by atoms with Crippen molar-refractivity contribution in [1.82, 2.24) is 0 Å². The molecule has 0 aromatic rings. The summed E-state index contributed by atoms with van der Waals surface area (Å²) in [6, 6.07) is 0. The Morgan fingerprint density at radius 2 is 1.22 bits per heavy atom. The van der Waals surface area contributed by atoms with E-state index < -0.39 is 0 Å². The van der Waals surface area contributed by atoms with Gasteiger partial charge in [-0.05, 0) is 61.2 Å². The zero-order valence-electron chi connectivity index (χ0n) is 15.8. The quantitative estimate of drug-likeness (QED) is 0.704. The summed E-state index contributed by atoms with van der Waals surface area (Å²) >= 11 is 0. The normalized spacial score (nSPS) is 36.7. The van der Waals surface area contributed by atoms with Crippen LogP contribution in [0.2, 0.25) is 0 Å². The number of ether oxygens (including phenoxy) is 3. The first-order chi connectivity index (χ1) is 10.9. The molecule has 0 aromatic heterocycles. The van der Waals surface area contributed by atoms with Gasteiger partial charge in [-0.3, -0.25) is 0 Å². The molecule has 0 unspecified atom stereocenters. The summed E-state index contributed by atoms with van der Waals surface area (Å²) in [7, 11) is 3.58. The zero-order valence-corrected chi connectivity index (χ0v) is 15.8. The fraction of sp³-hybridized carbons (Fsp3) is 1.00. The average molecular weight is 325 g/mol. The lowest BCUT2D eigenvalue weighted by Crippen LogP contribution is -2.53. The lowest BCUT2D eigenvalue weighted by molar-refractivity contribution is -0.175. The number of rotatable bonds is 7. The first-order valence-corrected chi connectivity index (χ1v) is 9.48. The Kier molecular flexibility index (Phi) is 5.11. The molecular weight excluding hydrogens is 288 g/mol. The lowest BCUT2D eigenvalue weighted by Gasteiger charge is -2.55. The highest BCUT2D eigenvalue weighted by Crippen LogP contribution is 2.55. The van der Waals surface area contributed by atoms with Gasteiger partial charge < -0.3 is 14.2 Å². The van der Waals surface area contributed by atoms with Crippen molar-refractivity contribution in [2.75, 3.05) is 34.0 Å². The monoisotopic (exact) mass is 324 g/mol. The topological polar surface area (TPSA) is 27.7 Å². The molecule has 3 heteroatoms.